The first-order valence-corrected chi connectivity index (χ1v) is 8.02. The number of anilines is 1. The van der Waals surface area contributed by atoms with Crippen LogP contribution in [0, 0.1) is 5.92 Å². The Labute approximate surface area is 130 Å². The van der Waals surface area contributed by atoms with Crippen LogP contribution in [0.4, 0.5) is 18.9 Å². The van der Waals surface area contributed by atoms with Gasteiger partial charge in [0.15, 0.2) is 0 Å². The summed E-state index contributed by atoms with van der Waals surface area (Å²) < 4.78 is 39.2. The van der Waals surface area contributed by atoms with E-state index in [1.54, 1.807) is 6.07 Å². The second kappa shape index (κ2) is 5.47. The summed E-state index contributed by atoms with van der Waals surface area (Å²) >= 11 is 3.00. The normalized spacial score (nSPS) is 27.0. The van der Waals surface area contributed by atoms with Crippen molar-refractivity contribution >= 4 is 21.6 Å². The summed E-state index contributed by atoms with van der Waals surface area (Å²) in [5, 5.41) is 3.51. The molecule has 1 aromatic rings. The molecule has 1 N–H and O–H groups in total. The lowest BCUT2D eigenvalue weighted by Crippen LogP contribution is -2.56. The maximum absolute atomic E-state index is 13.0. The Hall–Kier alpha value is -0.750. The topological polar surface area (TPSA) is 15.3 Å². The summed E-state index contributed by atoms with van der Waals surface area (Å²) in [5.74, 6) is 0.692. The number of hydrogen-bond donors (Lipinski definition) is 1. The second-order valence-corrected chi connectivity index (χ2v) is 6.87. The molecule has 1 aliphatic heterocycles. The van der Waals surface area contributed by atoms with E-state index in [4.69, 9.17) is 0 Å². The van der Waals surface area contributed by atoms with E-state index in [9.17, 15) is 13.2 Å². The monoisotopic (exact) mass is 362 g/mol. The van der Waals surface area contributed by atoms with Gasteiger partial charge in [0.1, 0.15) is 0 Å². The molecule has 2 atom stereocenters. The highest BCUT2D eigenvalue weighted by Gasteiger charge is 2.37. The van der Waals surface area contributed by atoms with Gasteiger partial charge in [-0.3, -0.25) is 0 Å². The lowest BCUT2D eigenvalue weighted by Gasteiger charge is -2.41. The molecule has 2 unspecified atom stereocenters. The number of piperazine rings is 1. The van der Waals surface area contributed by atoms with Crippen LogP contribution in [0.5, 0.6) is 0 Å². The van der Waals surface area contributed by atoms with Crippen molar-refractivity contribution < 1.29 is 13.2 Å². The molecule has 1 heterocycles. The van der Waals surface area contributed by atoms with Crippen molar-refractivity contribution in [2.24, 2.45) is 5.92 Å². The highest BCUT2D eigenvalue weighted by molar-refractivity contribution is 9.10. The van der Waals surface area contributed by atoms with Gasteiger partial charge in [-0.1, -0.05) is 15.9 Å². The molecule has 0 radical (unpaired) electrons. The van der Waals surface area contributed by atoms with Gasteiger partial charge in [-0.05, 0) is 43.9 Å². The van der Waals surface area contributed by atoms with E-state index < -0.39 is 11.7 Å². The Morgan fingerprint density at radius 1 is 1.29 bits per heavy atom. The Balaban J connectivity index is 1.87. The van der Waals surface area contributed by atoms with Gasteiger partial charge in [0.05, 0.1) is 5.56 Å². The van der Waals surface area contributed by atoms with Gasteiger partial charge in [0, 0.05) is 35.3 Å². The molecule has 3 rings (SSSR count). The van der Waals surface area contributed by atoms with Crippen molar-refractivity contribution in [3.63, 3.8) is 0 Å². The molecule has 21 heavy (non-hydrogen) atoms. The first kappa shape index (κ1) is 15.2. The minimum absolute atomic E-state index is 0.0975. The Morgan fingerprint density at radius 3 is 2.62 bits per heavy atom. The second-order valence-electron chi connectivity index (χ2n) is 6.02. The van der Waals surface area contributed by atoms with Crippen molar-refractivity contribution in [3.8, 4) is 0 Å². The summed E-state index contributed by atoms with van der Waals surface area (Å²) in [6.07, 6.45) is -1.87. The van der Waals surface area contributed by atoms with Crippen LogP contribution in [-0.2, 0) is 6.18 Å². The van der Waals surface area contributed by atoms with Crippen molar-refractivity contribution in [3.05, 3.63) is 28.2 Å². The summed E-state index contributed by atoms with van der Waals surface area (Å²) in [6, 6.07) is 5.13. The van der Waals surface area contributed by atoms with Crippen LogP contribution >= 0.6 is 15.9 Å². The van der Waals surface area contributed by atoms with Gasteiger partial charge in [-0.2, -0.15) is 13.2 Å². The van der Waals surface area contributed by atoms with Crippen LogP contribution in [0.2, 0.25) is 0 Å². The van der Waals surface area contributed by atoms with Crippen LogP contribution in [0.15, 0.2) is 22.7 Å². The smallest absolute Gasteiger partial charge is 0.366 e. The lowest BCUT2D eigenvalue weighted by atomic mass is 10.0. The van der Waals surface area contributed by atoms with Gasteiger partial charge in [0.25, 0.3) is 0 Å². The van der Waals surface area contributed by atoms with Crippen molar-refractivity contribution in [2.75, 3.05) is 18.0 Å². The number of halogens is 4. The fourth-order valence-electron chi connectivity index (χ4n) is 2.97. The number of nitrogens with one attached hydrogen (secondary N) is 1. The van der Waals surface area contributed by atoms with Crippen molar-refractivity contribution in [1.82, 2.24) is 5.32 Å². The minimum atomic E-state index is -4.33. The highest BCUT2D eigenvalue weighted by Crippen LogP contribution is 2.39. The molecule has 1 aromatic carbocycles. The first-order valence-electron chi connectivity index (χ1n) is 7.23. The average molecular weight is 363 g/mol. The predicted octanol–water partition coefficient (Wildman–Crippen LogP) is 4.04. The maximum Gasteiger partial charge on any atom is 0.417 e. The van der Waals surface area contributed by atoms with Gasteiger partial charge in [-0.15, -0.1) is 0 Å². The molecule has 1 saturated heterocycles. The molecule has 0 amide bonds. The number of alkyl halides is 3. The molecule has 1 saturated carbocycles. The summed E-state index contributed by atoms with van der Waals surface area (Å²) in [7, 11) is 0. The van der Waals surface area contributed by atoms with E-state index in [1.165, 1.54) is 25.0 Å². The van der Waals surface area contributed by atoms with Crippen LogP contribution < -0.4 is 10.2 Å². The Morgan fingerprint density at radius 2 is 2.00 bits per heavy atom. The van der Waals surface area contributed by atoms with Crippen molar-refractivity contribution in [2.45, 2.75) is 38.0 Å². The Bertz CT molecular complexity index is 528. The predicted molar refractivity (Wildman–Crippen MR) is 80.5 cm³/mol. The molecule has 0 bridgehead atoms. The highest BCUT2D eigenvalue weighted by atomic mass is 79.9. The molecular formula is C15H18BrF3N2. The zero-order chi connectivity index (χ0) is 15.2. The van der Waals surface area contributed by atoms with Gasteiger partial charge in [0.2, 0.25) is 0 Å². The van der Waals surface area contributed by atoms with Crippen LogP contribution in [0.3, 0.4) is 0 Å². The number of benzene rings is 1. The van der Waals surface area contributed by atoms with Gasteiger partial charge >= 0.3 is 6.18 Å². The third-order valence-corrected chi connectivity index (χ3v) is 5.07. The molecule has 2 fully saturated rings. The molecule has 2 aliphatic rings. The van der Waals surface area contributed by atoms with E-state index in [0.29, 0.717) is 17.6 Å². The first-order chi connectivity index (χ1) is 9.86. The van der Waals surface area contributed by atoms with Gasteiger partial charge < -0.3 is 10.2 Å². The van der Waals surface area contributed by atoms with Crippen LogP contribution in [0.25, 0.3) is 0 Å². The van der Waals surface area contributed by atoms with Crippen LogP contribution in [-0.4, -0.2) is 25.2 Å². The SMILES string of the molecule is CC1CNC(C2CC2)CN1c1ccc(Br)c(C(F)(F)F)c1. The van der Waals surface area contributed by atoms with Crippen LogP contribution in [0.1, 0.15) is 25.3 Å². The molecular weight excluding hydrogens is 345 g/mol. The van der Waals surface area contributed by atoms with E-state index in [1.807, 2.05) is 6.92 Å². The molecule has 116 valence electrons. The number of hydrogen-bond acceptors (Lipinski definition) is 2. The molecule has 6 heteroatoms. The van der Waals surface area contributed by atoms with Crippen molar-refractivity contribution in [1.29, 1.82) is 0 Å². The summed E-state index contributed by atoms with van der Waals surface area (Å²) in [4.78, 5) is 2.10. The van der Waals surface area contributed by atoms with E-state index in [-0.39, 0.29) is 10.5 Å². The van der Waals surface area contributed by atoms with E-state index in [2.05, 4.69) is 26.1 Å². The third-order valence-electron chi connectivity index (χ3n) is 4.38. The molecule has 0 aromatic heterocycles. The van der Waals surface area contributed by atoms with E-state index >= 15 is 0 Å². The lowest BCUT2D eigenvalue weighted by molar-refractivity contribution is -0.138. The maximum atomic E-state index is 13.0. The largest absolute Gasteiger partial charge is 0.417 e. The summed E-state index contributed by atoms with van der Waals surface area (Å²) in [6.45, 7) is 3.65. The molecule has 1 aliphatic carbocycles. The third kappa shape index (κ3) is 3.21. The van der Waals surface area contributed by atoms with E-state index in [0.717, 1.165) is 13.1 Å². The number of rotatable bonds is 2. The van der Waals surface area contributed by atoms with Gasteiger partial charge in [-0.25, -0.2) is 0 Å². The minimum Gasteiger partial charge on any atom is -0.366 e. The number of nitrogens with zero attached hydrogens (tertiary/aromatic N) is 1. The fourth-order valence-corrected chi connectivity index (χ4v) is 3.44. The molecule has 2 nitrogen and oxygen atoms in total. The molecule has 0 spiro atoms. The standard InChI is InChI=1S/C15H18BrF3N2/c1-9-7-20-14(10-2-3-10)8-21(9)11-4-5-13(16)12(6-11)15(17,18)19/h4-6,9-10,14,20H,2-3,7-8H2,1H3. The quantitative estimate of drug-likeness (QED) is 0.853. The average Bonchev–Trinajstić information content (AvgIpc) is 3.23. The summed E-state index contributed by atoms with van der Waals surface area (Å²) in [5.41, 5.74) is 0.0545. The zero-order valence-corrected chi connectivity index (χ0v) is 13.3. The fraction of sp³-hybridized carbons (Fsp3) is 0.600. The zero-order valence-electron chi connectivity index (χ0n) is 11.8. The Kier molecular flexibility index (Phi) is 3.94.